The Morgan fingerprint density at radius 3 is 3.00 bits per heavy atom. The summed E-state index contributed by atoms with van der Waals surface area (Å²) in [5, 5.41) is 7.44. The fourth-order valence-electron chi connectivity index (χ4n) is 1.01. The number of benzene rings is 1. The highest BCUT2D eigenvalue weighted by atomic mass is 127. The van der Waals surface area contributed by atoms with E-state index >= 15 is 0 Å². The van der Waals surface area contributed by atoms with Gasteiger partial charge in [0.2, 0.25) is 0 Å². The predicted molar refractivity (Wildman–Crippen MR) is 53.8 cm³/mol. The van der Waals surface area contributed by atoms with E-state index in [1.54, 1.807) is 6.07 Å². The number of aromatic amines is 1. The lowest BCUT2D eigenvalue weighted by Crippen LogP contribution is -1.78. The average Bonchev–Trinajstić information content (AvgIpc) is 2.41. The van der Waals surface area contributed by atoms with Crippen molar-refractivity contribution >= 4 is 45.1 Å². The Labute approximate surface area is 86.2 Å². The molecule has 0 aliphatic rings. The van der Waals surface area contributed by atoms with Crippen molar-refractivity contribution in [3.8, 4) is 0 Å². The summed E-state index contributed by atoms with van der Waals surface area (Å²) in [5.41, 5.74) is 0.755. The van der Waals surface area contributed by atoms with Gasteiger partial charge in [0, 0.05) is 0 Å². The Morgan fingerprint density at radius 2 is 2.25 bits per heavy atom. The minimum Gasteiger partial charge on any atom is -0.277 e. The van der Waals surface area contributed by atoms with Crippen LogP contribution < -0.4 is 0 Å². The van der Waals surface area contributed by atoms with Gasteiger partial charge in [0.1, 0.15) is 9.52 Å². The first kappa shape index (κ1) is 8.25. The van der Waals surface area contributed by atoms with E-state index in [0.29, 0.717) is 9.09 Å². The van der Waals surface area contributed by atoms with Crippen LogP contribution >= 0.6 is 34.2 Å². The molecule has 2 aromatic rings. The molecule has 0 unspecified atom stereocenters. The van der Waals surface area contributed by atoms with Gasteiger partial charge in [-0.1, -0.05) is 11.6 Å². The summed E-state index contributed by atoms with van der Waals surface area (Å²) in [5.74, 6) is -0.413. The van der Waals surface area contributed by atoms with Gasteiger partial charge in [-0.05, 0) is 34.7 Å². The maximum atomic E-state index is 12.9. The summed E-state index contributed by atoms with van der Waals surface area (Å²) in [6, 6.07) is 2.94. The van der Waals surface area contributed by atoms with Crippen LogP contribution in [0.15, 0.2) is 12.1 Å². The van der Waals surface area contributed by atoms with Gasteiger partial charge in [0.15, 0.2) is 0 Å². The molecule has 0 radical (unpaired) electrons. The molecule has 0 spiro atoms. The second-order valence-corrected chi connectivity index (χ2v) is 3.70. The Morgan fingerprint density at radius 1 is 1.50 bits per heavy atom. The first-order chi connectivity index (χ1) is 5.70. The number of hydrogen-bond donors (Lipinski definition) is 1. The summed E-state index contributed by atoms with van der Waals surface area (Å²) in [6.45, 7) is 0. The minimum atomic E-state index is -0.413. The Bertz CT molecular complexity index is 440. The van der Waals surface area contributed by atoms with E-state index in [1.165, 1.54) is 6.07 Å². The molecule has 0 saturated carbocycles. The molecular formula is C7H3ClFIN2. The molecule has 0 bridgehead atoms. The number of aromatic nitrogens is 2. The lowest BCUT2D eigenvalue weighted by molar-refractivity contribution is 0.630. The molecule has 0 aliphatic carbocycles. The van der Waals surface area contributed by atoms with E-state index in [9.17, 15) is 4.39 Å². The summed E-state index contributed by atoms with van der Waals surface area (Å²) in [4.78, 5) is 0. The van der Waals surface area contributed by atoms with Crippen LogP contribution in [0.4, 0.5) is 4.39 Å². The summed E-state index contributed by atoms with van der Waals surface area (Å²) in [6.07, 6.45) is 0. The van der Waals surface area contributed by atoms with Gasteiger partial charge in [-0.25, -0.2) is 4.39 Å². The van der Waals surface area contributed by atoms with E-state index in [-0.39, 0.29) is 5.02 Å². The van der Waals surface area contributed by atoms with Crippen LogP contribution in [0.25, 0.3) is 10.9 Å². The second kappa shape index (κ2) is 2.85. The van der Waals surface area contributed by atoms with Crippen LogP contribution in [0.2, 0.25) is 5.02 Å². The van der Waals surface area contributed by atoms with Crippen molar-refractivity contribution in [1.82, 2.24) is 10.2 Å². The van der Waals surface area contributed by atoms with Gasteiger partial charge >= 0.3 is 0 Å². The first-order valence-electron chi connectivity index (χ1n) is 3.17. The molecule has 0 amide bonds. The highest BCUT2D eigenvalue weighted by Crippen LogP contribution is 2.28. The van der Waals surface area contributed by atoms with E-state index in [2.05, 4.69) is 10.2 Å². The van der Waals surface area contributed by atoms with Crippen LogP contribution in [0.1, 0.15) is 0 Å². The summed E-state index contributed by atoms with van der Waals surface area (Å²) >= 11 is 7.73. The van der Waals surface area contributed by atoms with Gasteiger partial charge in [0.25, 0.3) is 0 Å². The zero-order chi connectivity index (χ0) is 8.72. The van der Waals surface area contributed by atoms with Crippen LogP contribution in [0, 0.1) is 9.52 Å². The molecule has 0 fully saturated rings. The number of halogens is 3. The SMILES string of the molecule is Fc1ccc2[nH]nc(I)c2c1Cl. The van der Waals surface area contributed by atoms with E-state index in [0.717, 1.165) is 5.52 Å². The topological polar surface area (TPSA) is 28.7 Å². The highest BCUT2D eigenvalue weighted by molar-refractivity contribution is 14.1. The fraction of sp³-hybridized carbons (Fsp3) is 0. The minimum absolute atomic E-state index is 0.130. The highest BCUT2D eigenvalue weighted by Gasteiger charge is 2.10. The van der Waals surface area contributed by atoms with Crippen molar-refractivity contribution in [2.75, 3.05) is 0 Å². The molecule has 1 heterocycles. The van der Waals surface area contributed by atoms with E-state index in [1.807, 2.05) is 22.6 Å². The second-order valence-electron chi connectivity index (χ2n) is 2.30. The van der Waals surface area contributed by atoms with Crippen molar-refractivity contribution in [2.45, 2.75) is 0 Å². The molecule has 62 valence electrons. The molecule has 0 atom stereocenters. The maximum absolute atomic E-state index is 12.9. The van der Waals surface area contributed by atoms with Gasteiger partial charge in [-0.3, -0.25) is 5.10 Å². The van der Waals surface area contributed by atoms with Crippen molar-refractivity contribution in [2.24, 2.45) is 0 Å². The number of fused-ring (bicyclic) bond motifs is 1. The molecule has 2 rings (SSSR count). The summed E-state index contributed by atoms with van der Waals surface area (Å²) < 4.78 is 13.6. The van der Waals surface area contributed by atoms with Gasteiger partial charge in [0.05, 0.1) is 15.9 Å². The zero-order valence-electron chi connectivity index (χ0n) is 5.74. The monoisotopic (exact) mass is 296 g/mol. The molecule has 1 aromatic carbocycles. The fourth-order valence-corrected chi connectivity index (χ4v) is 2.11. The van der Waals surface area contributed by atoms with Crippen LogP contribution in [0.5, 0.6) is 0 Å². The van der Waals surface area contributed by atoms with E-state index < -0.39 is 5.82 Å². The zero-order valence-corrected chi connectivity index (χ0v) is 8.65. The average molecular weight is 296 g/mol. The smallest absolute Gasteiger partial charge is 0.142 e. The van der Waals surface area contributed by atoms with Crippen molar-refractivity contribution in [3.05, 3.63) is 26.7 Å². The molecule has 5 heteroatoms. The lowest BCUT2D eigenvalue weighted by Gasteiger charge is -1.94. The van der Waals surface area contributed by atoms with Crippen molar-refractivity contribution in [3.63, 3.8) is 0 Å². The number of H-pyrrole nitrogens is 1. The van der Waals surface area contributed by atoms with Gasteiger partial charge in [-0.15, -0.1) is 0 Å². The summed E-state index contributed by atoms with van der Waals surface area (Å²) in [7, 11) is 0. The third-order valence-corrected chi connectivity index (χ3v) is 2.73. The molecule has 2 nitrogen and oxygen atoms in total. The van der Waals surface area contributed by atoms with Gasteiger partial charge in [-0.2, -0.15) is 5.10 Å². The number of rotatable bonds is 0. The molecule has 0 aliphatic heterocycles. The standard InChI is InChI=1S/C7H3ClFIN2/c8-6-3(9)1-2-4-5(6)7(10)12-11-4/h1-2H,(H,11,12). The number of hydrogen-bond acceptors (Lipinski definition) is 1. The molecule has 12 heavy (non-hydrogen) atoms. The third kappa shape index (κ3) is 1.09. The lowest BCUT2D eigenvalue weighted by atomic mass is 10.2. The molecule has 1 aromatic heterocycles. The number of nitrogens with one attached hydrogen (secondary N) is 1. The molecular weight excluding hydrogens is 293 g/mol. The molecule has 0 saturated heterocycles. The largest absolute Gasteiger partial charge is 0.277 e. The number of nitrogens with zero attached hydrogens (tertiary/aromatic N) is 1. The predicted octanol–water partition coefficient (Wildman–Crippen LogP) is 2.96. The quantitative estimate of drug-likeness (QED) is 0.744. The van der Waals surface area contributed by atoms with Crippen molar-refractivity contribution in [1.29, 1.82) is 0 Å². The third-order valence-electron chi connectivity index (χ3n) is 1.58. The van der Waals surface area contributed by atoms with Crippen LogP contribution in [0.3, 0.4) is 0 Å². The van der Waals surface area contributed by atoms with Crippen LogP contribution in [-0.2, 0) is 0 Å². The van der Waals surface area contributed by atoms with Crippen molar-refractivity contribution < 1.29 is 4.39 Å². The van der Waals surface area contributed by atoms with E-state index in [4.69, 9.17) is 11.6 Å². The normalized spacial score (nSPS) is 10.9. The maximum Gasteiger partial charge on any atom is 0.142 e. The Balaban J connectivity index is 2.96. The van der Waals surface area contributed by atoms with Gasteiger partial charge < -0.3 is 0 Å². The Kier molecular flexibility index (Phi) is 1.96. The molecule has 1 N–H and O–H groups in total. The Hall–Kier alpha value is -0.360. The first-order valence-corrected chi connectivity index (χ1v) is 4.63. The van der Waals surface area contributed by atoms with Crippen LogP contribution in [-0.4, -0.2) is 10.2 Å².